The molecule has 1 aromatic rings. The minimum atomic E-state index is -0.408. The Bertz CT molecular complexity index is 377. The van der Waals surface area contributed by atoms with E-state index in [0.29, 0.717) is 5.56 Å². The second kappa shape index (κ2) is 5.63. The maximum Gasteiger partial charge on any atom is 0.275 e. The van der Waals surface area contributed by atoms with E-state index in [0.717, 1.165) is 11.1 Å². The highest BCUT2D eigenvalue weighted by molar-refractivity contribution is 5.94. The number of rotatable bonds is 4. The Morgan fingerprint density at radius 2 is 2.19 bits per heavy atom. The van der Waals surface area contributed by atoms with Gasteiger partial charge in [-0.05, 0) is 32.4 Å². The van der Waals surface area contributed by atoms with Gasteiger partial charge >= 0.3 is 0 Å². The quantitative estimate of drug-likeness (QED) is 0.757. The molecule has 1 unspecified atom stereocenters. The average Bonchev–Trinajstić information content (AvgIpc) is 2.25. The van der Waals surface area contributed by atoms with Crippen molar-refractivity contribution < 1.29 is 14.7 Å². The normalized spacial score (nSPS) is 12.2. The third-order valence-corrected chi connectivity index (χ3v) is 2.24. The predicted molar refractivity (Wildman–Crippen MR) is 61.0 cm³/mol. The number of carbonyl (C=O) groups excluding carboxylic acids is 1. The molecule has 4 heteroatoms. The highest BCUT2D eigenvalue weighted by atomic mass is 16.7. The number of amides is 1. The molecule has 1 amide bonds. The van der Waals surface area contributed by atoms with Crippen LogP contribution in [0.3, 0.4) is 0 Å². The Labute approximate surface area is 95.2 Å². The van der Waals surface area contributed by atoms with Crippen molar-refractivity contribution in [2.24, 2.45) is 0 Å². The monoisotopic (exact) mass is 223 g/mol. The summed E-state index contributed by atoms with van der Waals surface area (Å²) in [5, 5.41) is 8.73. The first-order chi connectivity index (χ1) is 7.54. The van der Waals surface area contributed by atoms with Crippen molar-refractivity contribution in [1.82, 2.24) is 5.48 Å². The number of hydrogen-bond donors (Lipinski definition) is 2. The molecule has 1 aromatic carbocycles. The highest BCUT2D eigenvalue weighted by Gasteiger charge is 2.10. The zero-order chi connectivity index (χ0) is 12.1. The molecule has 0 fully saturated rings. The van der Waals surface area contributed by atoms with Gasteiger partial charge in [-0.1, -0.05) is 17.7 Å². The van der Waals surface area contributed by atoms with Crippen LogP contribution in [-0.2, 0) is 4.84 Å². The van der Waals surface area contributed by atoms with Crippen molar-refractivity contribution in [3.63, 3.8) is 0 Å². The number of benzene rings is 1. The first kappa shape index (κ1) is 12.7. The molecule has 0 saturated carbocycles. The zero-order valence-electron chi connectivity index (χ0n) is 9.78. The lowest BCUT2D eigenvalue weighted by Gasteiger charge is -2.11. The number of hydrogen-bond acceptors (Lipinski definition) is 3. The van der Waals surface area contributed by atoms with E-state index >= 15 is 0 Å². The van der Waals surface area contributed by atoms with Gasteiger partial charge < -0.3 is 5.11 Å². The first-order valence-electron chi connectivity index (χ1n) is 5.18. The molecule has 0 bridgehead atoms. The van der Waals surface area contributed by atoms with E-state index in [1.807, 2.05) is 26.0 Å². The van der Waals surface area contributed by atoms with Crippen LogP contribution < -0.4 is 5.48 Å². The van der Waals surface area contributed by atoms with Crippen molar-refractivity contribution in [2.45, 2.75) is 26.9 Å². The van der Waals surface area contributed by atoms with Crippen LogP contribution in [0.5, 0.6) is 0 Å². The molecule has 0 radical (unpaired) electrons. The highest BCUT2D eigenvalue weighted by Crippen LogP contribution is 2.10. The predicted octanol–water partition coefficient (Wildman–Crippen LogP) is 1.35. The SMILES string of the molecule is Cc1ccc(C(=O)NOC(C)CO)c(C)c1. The van der Waals surface area contributed by atoms with Crippen molar-refractivity contribution in [1.29, 1.82) is 0 Å². The van der Waals surface area contributed by atoms with E-state index in [-0.39, 0.29) is 12.5 Å². The summed E-state index contributed by atoms with van der Waals surface area (Å²) in [5.74, 6) is -0.294. The van der Waals surface area contributed by atoms with Crippen molar-refractivity contribution in [3.8, 4) is 0 Å². The molecule has 0 spiro atoms. The Balaban J connectivity index is 2.66. The lowest BCUT2D eigenvalue weighted by atomic mass is 10.1. The van der Waals surface area contributed by atoms with E-state index in [2.05, 4.69) is 5.48 Å². The molecule has 0 aromatic heterocycles. The summed E-state index contributed by atoms with van der Waals surface area (Å²) in [6.45, 7) is 5.38. The van der Waals surface area contributed by atoms with E-state index in [1.165, 1.54) is 0 Å². The van der Waals surface area contributed by atoms with E-state index in [4.69, 9.17) is 9.94 Å². The Morgan fingerprint density at radius 1 is 1.50 bits per heavy atom. The topological polar surface area (TPSA) is 58.6 Å². The maximum absolute atomic E-state index is 11.7. The largest absolute Gasteiger partial charge is 0.394 e. The van der Waals surface area contributed by atoms with Crippen LogP contribution in [0.15, 0.2) is 18.2 Å². The molecular formula is C12H17NO3. The van der Waals surface area contributed by atoms with E-state index in [9.17, 15) is 4.79 Å². The van der Waals surface area contributed by atoms with Gasteiger partial charge in [0, 0.05) is 5.56 Å². The number of aliphatic hydroxyl groups excluding tert-OH is 1. The molecule has 16 heavy (non-hydrogen) atoms. The minimum Gasteiger partial charge on any atom is -0.394 e. The average molecular weight is 223 g/mol. The van der Waals surface area contributed by atoms with Crippen LogP contribution in [-0.4, -0.2) is 23.7 Å². The van der Waals surface area contributed by atoms with Crippen molar-refractivity contribution in [2.75, 3.05) is 6.61 Å². The van der Waals surface area contributed by atoms with Gasteiger partial charge in [0.25, 0.3) is 5.91 Å². The Morgan fingerprint density at radius 3 is 2.75 bits per heavy atom. The fourth-order valence-corrected chi connectivity index (χ4v) is 1.31. The molecule has 0 saturated heterocycles. The molecule has 0 aliphatic carbocycles. The van der Waals surface area contributed by atoms with Gasteiger partial charge in [-0.3, -0.25) is 9.63 Å². The fourth-order valence-electron chi connectivity index (χ4n) is 1.31. The summed E-state index contributed by atoms with van der Waals surface area (Å²) in [7, 11) is 0. The summed E-state index contributed by atoms with van der Waals surface area (Å²) in [6.07, 6.45) is -0.408. The third kappa shape index (κ3) is 3.32. The molecule has 2 N–H and O–H groups in total. The minimum absolute atomic E-state index is 0.132. The van der Waals surface area contributed by atoms with E-state index in [1.54, 1.807) is 13.0 Å². The standard InChI is InChI=1S/C12H17NO3/c1-8-4-5-11(9(2)6-8)12(15)13-16-10(3)7-14/h4-6,10,14H,7H2,1-3H3,(H,13,15). The summed E-state index contributed by atoms with van der Waals surface area (Å²) < 4.78 is 0. The Kier molecular flexibility index (Phi) is 4.46. The second-order valence-corrected chi connectivity index (χ2v) is 3.86. The van der Waals surface area contributed by atoms with Crippen LogP contribution in [0, 0.1) is 13.8 Å². The zero-order valence-corrected chi connectivity index (χ0v) is 9.78. The maximum atomic E-state index is 11.7. The number of aryl methyl sites for hydroxylation is 2. The molecule has 0 aliphatic heterocycles. The van der Waals surface area contributed by atoms with E-state index < -0.39 is 6.10 Å². The lowest BCUT2D eigenvalue weighted by Crippen LogP contribution is -2.30. The number of carbonyl (C=O) groups is 1. The second-order valence-electron chi connectivity index (χ2n) is 3.86. The van der Waals surface area contributed by atoms with Crippen LogP contribution in [0.4, 0.5) is 0 Å². The van der Waals surface area contributed by atoms with Gasteiger partial charge in [-0.15, -0.1) is 0 Å². The van der Waals surface area contributed by atoms with Crippen molar-refractivity contribution in [3.05, 3.63) is 34.9 Å². The summed E-state index contributed by atoms with van der Waals surface area (Å²) in [5.41, 5.74) is 4.90. The Hall–Kier alpha value is -1.39. The van der Waals surface area contributed by atoms with Crippen molar-refractivity contribution >= 4 is 5.91 Å². The van der Waals surface area contributed by atoms with Gasteiger partial charge in [0.05, 0.1) is 6.61 Å². The molecule has 4 nitrogen and oxygen atoms in total. The lowest BCUT2D eigenvalue weighted by molar-refractivity contribution is -0.0304. The summed E-state index contributed by atoms with van der Waals surface area (Å²) in [4.78, 5) is 16.6. The molecule has 1 atom stereocenters. The van der Waals surface area contributed by atoms with Gasteiger partial charge in [0.2, 0.25) is 0 Å². The van der Waals surface area contributed by atoms with Gasteiger partial charge in [0.15, 0.2) is 0 Å². The van der Waals surface area contributed by atoms with Gasteiger partial charge in [0.1, 0.15) is 6.10 Å². The van der Waals surface area contributed by atoms with Crippen LogP contribution in [0.1, 0.15) is 28.4 Å². The summed E-state index contributed by atoms with van der Waals surface area (Å²) >= 11 is 0. The van der Waals surface area contributed by atoms with Crippen LogP contribution in [0.25, 0.3) is 0 Å². The third-order valence-electron chi connectivity index (χ3n) is 2.24. The smallest absolute Gasteiger partial charge is 0.275 e. The van der Waals surface area contributed by atoms with Crippen LogP contribution >= 0.6 is 0 Å². The molecule has 0 aliphatic rings. The first-order valence-corrected chi connectivity index (χ1v) is 5.18. The molecule has 0 heterocycles. The molecule has 1 rings (SSSR count). The fraction of sp³-hybridized carbons (Fsp3) is 0.417. The van der Waals surface area contributed by atoms with Gasteiger partial charge in [-0.2, -0.15) is 0 Å². The molecule has 88 valence electrons. The number of nitrogens with one attached hydrogen (secondary N) is 1. The summed E-state index contributed by atoms with van der Waals surface area (Å²) in [6, 6.07) is 5.56. The van der Waals surface area contributed by atoms with Crippen LogP contribution in [0.2, 0.25) is 0 Å². The number of aliphatic hydroxyl groups is 1. The number of hydroxylamine groups is 1. The van der Waals surface area contributed by atoms with Gasteiger partial charge in [-0.25, -0.2) is 5.48 Å². The molecular weight excluding hydrogens is 206 g/mol.